The highest BCUT2D eigenvalue weighted by atomic mass is 35.5. The van der Waals surface area contributed by atoms with Crippen LogP contribution in [0.1, 0.15) is 35.2 Å². The van der Waals surface area contributed by atoms with E-state index in [0.29, 0.717) is 11.6 Å². The maximum atomic E-state index is 6.23. The van der Waals surface area contributed by atoms with Crippen LogP contribution in [0, 0.1) is 13.8 Å². The molecular weight excluding hydrogens is 391 g/mol. The second kappa shape index (κ2) is 7.98. The predicted molar refractivity (Wildman–Crippen MR) is 120 cm³/mol. The van der Waals surface area contributed by atoms with Crippen molar-refractivity contribution in [1.29, 1.82) is 0 Å². The Labute approximate surface area is 177 Å². The molecule has 3 aromatic rings. The van der Waals surface area contributed by atoms with Crippen molar-refractivity contribution < 1.29 is 0 Å². The smallest absolute Gasteiger partial charge is 0.164 e. The molecule has 4 nitrogen and oxygen atoms in total. The predicted octanol–water partition coefficient (Wildman–Crippen LogP) is 5.54. The lowest BCUT2D eigenvalue weighted by Gasteiger charge is -2.36. The summed E-state index contributed by atoms with van der Waals surface area (Å²) in [7, 11) is 0. The molecule has 0 fully saturated rings. The molecule has 1 aliphatic rings. The van der Waals surface area contributed by atoms with Crippen molar-refractivity contribution >= 4 is 35.6 Å². The summed E-state index contributed by atoms with van der Waals surface area (Å²) < 4.78 is 0. The highest BCUT2D eigenvalue weighted by Gasteiger charge is 2.26. The van der Waals surface area contributed by atoms with Crippen LogP contribution in [0.4, 0.5) is 11.6 Å². The lowest BCUT2D eigenvalue weighted by Crippen LogP contribution is -2.34. The minimum absolute atomic E-state index is 0. The molecule has 0 spiro atoms. The second-order valence-corrected chi connectivity index (χ2v) is 7.62. The van der Waals surface area contributed by atoms with E-state index in [9.17, 15) is 0 Å². The summed E-state index contributed by atoms with van der Waals surface area (Å²) >= 11 is 6.23. The molecule has 0 bridgehead atoms. The molecule has 6 heteroatoms. The highest BCUT2D eigenvalue weighted by Crippen LogP contribution is 2.35. The maximum absolute atomic E-state index is 6.23. The van der Waals surface area contributed by atoms with Gasteiger partial charge in [0.05, 0.1) is 6.04 Å². The monoisotopic (exact) mass is 414 g/mol. The summed E-state index contributed by atoms with van der Waals surface area (Å²) in [4.78, 5) is 11.7. The van der Waals surface area contributed by atoms with Gasteiger partial charge in [-0.05, 0) is 61.6 Å². The van der Waals surface area contributed by atoms with Crippen LogP contribution in [-0.2, 0) is 6.42 Å². The Balaban J connectivity index is 0.00000225. The Morgan fingerprint density at radius 3 is 2.68 bits per heavy atom. The van der Waals surface area contributed by atoms with Crippen molar-refractivity contribution in [2.75, 3.05) is 17.2 Å². The van der Waals surface area contributed by atoms with Gasteiger partial charge in [0.25, 0.3) is 0 Å². The van der Waals surface area contributed by atoms with E-state index in [2.05, 4.69) is 54.9 Å². The fraction of sp³-hybridized carbons (Fsp3) is 0.273. The quantitative estimate of drug-likeness (QED) is 0.597. The minimum atomic E-state index is 0. The number of aryl methyl sites for hydroxylation is 1. The van der Waals surface area contributed by atoms with Gasteiger partial charge in [-0.15, -0.1) is 12.4 Å². The van der Waals surface area contributed by atoms with Crippen LogP contribution >= 0.6 is 24.0 Å². The average molecular weight is 415 g/mol. The van der Waals surface area contributed by atoms with Gasteiger partial charge in [-0.25, -0.2) is 9.97 Å². The summed E-state index contributed by atoms with van der Waals surface area (Å²) in [6.45, 7) is 7.26. The van der Waals surface area contributed by atoms with Crippen LogP contribution in [0.25, 0.3) is 11.4 Å². The lowest BCUT2D eigenvalue weighted by molar-refractivity contribution is 0.617. The van der Waals surface area contributed by atoms with Gasteiger partial charge in [0.2, 0.25) is 0 Å². The zero-order chi connectivity index (χ0) is 19.1. The number of nitrogens with two attached hydrogens (primary N) is 1. The average Bonchev–Trinajstić information content (AvgIpc) is 2.64. The van der Waals surface area contributed by atoms with Gasteiger partial charge in [0, 0.05) is 23.2 Å². The SMILES string of the molecule is Cc1cccc(-c2nc(N)cc(N3CCc4ccc(Cl)cc4C3C)n2)c1C.Cl. The summed E-state index contributed by atoms with van der Waals surface area (Å²) in [5.41, 5.74) is 12.2. The summed E-state index contributed by atoms with van der Waals surface area (Å²) in [6, 6.07) is 14.4. The van der Waals surface area contributed by atoms with Gasteiger partial charge in [-0.3, -0.25) is 0 Å². The molecule has 0 saturated carbocycles. The zero-order valence-electron chi connectivity index (χ0n) is 16.2. The first kappa shape index (κ1) is 20.4. The minimum Gasteiger partial charge on any atom is -0.384 e. The number of halogens is 2. The van der Waals surface area contributed by atoms with E-state index in [1.165, 1.54) is 22.3 Å². The molecule has 28 heavy (non-hydrogen) atoms. The Bertz CT molecular complexity index is 1020. The Morgan fingerprint density at radius 1 is 1.11 bits per heavy atom. The summed E-state index contributed by atoms with van der Waals surface area (Å²) in [5.74, 6) is 2.02. The lowest BCUT2D eigenvalue weighted by atomic mass is 9.93. The van der Waals surface area contributed by atoms with Gasteiger partial charge in [-0.2, -0.15) is 0 Å². The van der Waals surface area contributed by atoms with E-state index < -0.39 is 0 Å². The number of hydrogen-bond acceptors (Lipinski definition) is 4. The van der Waals surface area contributed by atoms with E-state index >= 15 is 0 Å². The van der Waals surface area contributed by atoms with E-state index in [1.54, 1.807) is 0 Å². The third-order valence-corrected chi connectivity index (χ3v) is 5.75. The fourth-order valence-electron chi connectivity index (χ4n) is 3.81. The number of hydrogen-bond donors (Lipinski definition) is 1. The molecule has 2 N–H and O–H groups in total. The molecule has 0 radical (unpaired) electrons. The number of rotatable bonds is 2. The fourth-order valence-corrected chi connectivity index (χ4v) is 3.99. The van der Waals surface area contributed by atoms with Gasteiger partial charge in [0.15, 0.2) is 5.82 Å². The Hall–Kier alpha value is -2.30. The van der Waals surface area contributed by atoms with Crippen LogP contribution in [0.2, 0.25) is 5.02 Å². The van der Waals surface area contributed by atoms with Crippen LogP contribution in [0.5, 0.6) is 0 Å². The molecule has 2 aromatic carbocycles. The third-order valence-electron chi connectivity index (χ3n) is 5.52. The van der Waals surface area contributed by atoms with Crippen LogP contribution in [0.3, 0.4) is 0 Å². The number of anilines is 2. The molecule has 146 valence electrons. The largest absolute Gasteiger partial charge is 0.384 e. The molecule has 0 amide bonds. The molecule has 0 saturated heterocycles. The maximum Gasteiger partial charge on any atom is 0.164 e. The van der Waals surface area contributed by atoms with Crippen molar-refractivity contribution in [3.8, 4) is 11.4 Å². The van der Waals surface area contributed by atoms with Crippen LogP contribution in [-0.4, -0.2) is 16.5 Å². The normalized spacial score (nSPS) is 15.7. The Kier molecular flexibility index (Phi) is 5.82. The first-order chi connectivity index (χ1) is 12.9. The number of nitrogen functional groups attached to an aromatic ring is 1. The first-order valence-corrected chi connectivity index (χ1v) is 9.58. The number of aromatic nitrogens is 2. The number of fused-ring (bicyclic) bond motifs is 1. The second-order valence-electron chi connectivity index (χ2n) is 7.18. The number of nitrogens with zero attached hydrogens (tertiary/aromatic N) is 3. The van der Waals surface area contributed by atoms with Gasteiger partial charge in [0.1, 0.15) is 11.6 Å². The Morgan fingerprint density at radius 2 is 1.89 bits per heavy atom. The standard InChI is InChI=1S/C22H23ClN4.ClH/c1-13-5-4-6-18(14(13)2)22-25-20(24)12-21(26-22)27-10-9-16-7-8-17(23)11-19(16)15(27)3;/h4-8,11-12,15H,9-10H2,1-3H3,(H2,24,25,26);1H. The summed E-state index contributed by atoms with van der Waals surface area (Å²) in [5, 5.41) is 0.765. The van der Waals surface area contributed by atoms with Gasteiger partial charge >= 0.3 is 0 Å². The highest BCUT2D eigenvalue weighted by molar-refractivity contribution is 6.30. The molecule has 2 heterocycles. The number of benzene rings is 2. The zero-order valence-corrected chi connectivity index (χ0v) is 17.8. The van der Waals surface area contributed by atoms with Crippen molar-refractivity contribution in [3.05, 3.63) is 69.7 Å². The molecule has 4 rings (SSSR count). The van der Waals surface area contributed by atoms with Crippen LogP contribution < -0.4 is 10.6 Å². The van der Waals surface area contributed by atoms with Crippen molar-refractivity contribution in [3.63, 3.8) is 0 Å². The molecule has 1 atom stereocenters. The van der Waals surface area contributed by atoms with E-state index in [1.807, 2.05) is 18.2 Å². The van der Waals surface area contributed by atoms with E-state index in [0.717, 1.165) is 29.4 Å². The topological polar surface area (TPSA) is 55.0 Å². The van der Waals surface area contributed by atoms with Crippen molar-refractivity contribution in [2.24, 2.45) is 0 Å². The van der Waals surface area contributed by atoms with Gasteiger partial charge in [-0.1, -0.05) is 35.9 Å². The molecular formula is C22H24Cl2N4. The molecule has 1 aromatic heterocycles. The summed E-state index contributed by atoms with van der Waals surface area (Å²) in [6.07, 6.45) is 0.958. The third kappa shape index (κ3) is 3.67. The molecule has 1 aliphatic heterocycles. The van der Waals surface area contributed by atoms with Gasteiger partial charge < -0.3 is 10.6 Å². The molecule has 1 unspecified atom stereocenters. The van der Waals surface area contributed by atoms with Crippen LogP contribution in [0.15, 0.2) is 42.5 Å². The van der Waals surface area contributed by atoms with Crippen molar-refractivity contribution in [1.82, 2.24) is 9.97 Å². The molecule has 0 aliphatic carbocycles. The first-order valence-electron chi connectivity index (χ1n) is 9.20. The van der Waals surface area contributed by atoms with E-state index in [4.69, 9.17) is 22.3 Å². The van der Waals surface area contributed by atoms with E-state index in [-0.39, 0.29) is 18.4 Å². The van der Waals surface area contributed by atoms with Crippen molar-refractivity contribution in [2.45, 2.75) is 33.2 Å².